The Labute approximate surface area is 115 Å². The van der Waals surface area contributed by atoms with Gasteiger partial charge in [-0.15, -0.1) is 0 Å². The number of hydrogen-bond donors (Lipinski definition) is 2. The summed E-state index contributed by atoms with van der Waals surface area (Å²) in [6.45, 7) is 0.349. The third kappa shape index (κ3) is 5.18. The molecule has 0 aromatic heterocycles. The number of carbonyl (C=O) groups is 1. The molecule has 1 unspecified atom stereocenters. The van der Waals surface area contributed by atoms with Crippen LogP contribution in [-0.4, -0.2) is 25.7 Å². The smallest absolute Gasteiger partial charge is 0.385 e. The molecule has 0 saturated heterocycles. The summed E-state index contributed by atoms with van der Waals surface area (Å²) in [6.07, 6.45) is -4.04. The molecule has 0 bridgehead atoms. The molecule has 1 aromatic carbocycles. The van der Waals surface area contributed by atoms with Crippen molar-refractivity contribution in [2.75, 3.05) is 13.7 Å². The summed E-state index contributed by atoms with van der Waals surface area (Å²) in [5.41, 5.74) is 5.22. The minimum absolute atomic E-state index is 0.00341. The maximum absolute atomic E-state index is 12.5. The van der Waals surface area contributed by atoms with Gasteiger partial charge in [0.15, 0.2) is 0 Å². The van der Waals surface area contributed by atoms with Gasteiger partial charge in [0.25, 0.3) is 0 Å². The van der Waals surface area contributed by atoms with Gasteiger partial charge >= 0.3 is 6.18 Å². The van der Waals surface area contributed by atoms with Crippen LogP contribution in [0.2, 0.25) is 0 Å². The van der Waals surface area contributed by atoms with Gasteiger partial charge in [-0.1, -0.05) is 12.1 Å². The van der Waals surface area contributed by atoms with Gasteiger partial charge in [0.05, 0.1) is 11.6 Å². The van der Waals surface area contributed by atoms with Gasteiger partial charge in [-0.2, -0.15) is 13.2 Å². The van der Waals surface area contributed by atoms with E-state index in [9.17, 15) is 18.0 Å². The van der Waals surface area contributed by atoms with Crippen molar-refractivity contribution in [2.24, 2.45) is 5.73 Å². The Morgan fingerprint density at radius 2 is 2.15 bits per heavy atom. The van der Waals surface area contributed by atoms with Crippen LogP contribution in [0.15, 0.2) is 24.3 Å². The Bertz CT molecular complexity index is 449. The molecule has 0 aliphatic heterocycles. The van der Waals surface area contributed by atoms with Crippen molar-refractivity contribution >= 4 is 5.91 Å². The summed E-state index contributed by atoms with van der Waals surface area (Å²) in [7, 11) is 1.49. The summed E-state index contributed by atoms with van der Waals surface area (Å²) >= 11 is 0. The fourth-order valence-corrected chi connectivity index (χ4v) is 1.55. The maximum Gasteiger partial charge on any atom is 0.416 e. The zero-order valence-electron chi connectivity index (χ0n) is 11.0. The number of rotatable bonds is 6. The second-order valence-corrected chi connectivity index (χ2v) is 4.30. The van der Waals surface area contributed by atoms with Crippen LogP contribution in [0.4, 0.5) is 13.2 Å². The van der Waals surface area contributed by atoms with E-state index in [0.717, 1.165) is 12.1 Å². The molecule has 4 nitrogen and oxygen atoms in total. The van der Waals surface area contributed by atoms with E-state index in [1.54, 1.807) is 0 Å². The zero-order chi connectivity index (χ0) is 15.2. The monoisotopic (exact) mass is 290 g/mol. The average molecular weight is 290 g/mol. The molecule has 1 amide bonds. The minimum Gasteiger partial charge on any atom is -0.385 e. The Morgan fingerprint density at radius 1 is 1.45 bits per heavy atom. The van der Waals surface area contributed by atoms with Crippen LogP contribution in [-0.2, 0) is 22.3 Å². The third-order valence-corrected chi connectivity index (χ3v) is 2.69. The van der Waals surface area contributed by atoms with E-state index < -0.39 is 23.7 Å². The highest BCUT2D eigenvalue weighted by molar-refractivity contribution is 5.81. The Kier molecular flexibility index (Phi) is 5.97. The molecule has 0 saturated carbocycles. The lowest BCUT2D eigenvalue weighted by atomic mass is 10.1. The van der Waals surface area contributed by atoms with Crippen LogP contribution in [0.5, 0.6) is 0 Å². The van der Waals surface area contributed by atoms with E-state index in [0.29, 0.717) is 18.6 Å². The second kappa shape index (κ2) is 7.25. The molecule has 1 rings (SSSR count). The Morgan fingerprint density at radius 3 is 2.75 bits per heavy atom. The largest absolute Gasteiger partial charge is 0.416 e. The SMILES string of the molecule is COCCC(N)C(=O)NCc1cccc(C(F)(F)F)c1. The van der Waals surface area contributed by atoms with Gasteiger partial charge in [-0.25, -0.2) is 0 Å². The van der Waals surface area contributed by atoms with Crippen molar-refractivity contribution in [1.29, 1.82) is 0 Å². The number of nitrogens with two attached hydrogens (primary N) is 1. The summed E-state index contributed by atoms with van der Waals surface area (Å²) in [4.78, 5) is 11.6. The van der Waals surface area contributed by atoms with E-state index in [1.807, 2.05) is 0 Å². The van der Waals surface area contributed by atoms with E-state index >= 15 is 0 Å². The van der Waals surface area contributed by atoms with Gasteiger partial charge < -0.3 is 15.8 Å². The number of amides is 1. The van der Waals surface area contributed by atoms with Gasteiger partial charge in [-0.3, -0.25) is 4.79 Å². The molecule has 20 heavy (non-hydrogen) atoms. The van der Waals surface area contributed by atoms with Crippen LogP contribution < -0.4 is 11.1 Å². The number of methoxy groups -OCH3 is 1. The van der Waals surface area contributed by atoms with Gasteiger partial charge in [0.1, 0.15) is 0 Å². The molecule has 7 heteroatoms. The first-order valence-electron chi connectivity index (χ1n) is 6.03. The summed E-state index contributed by atoms with van der Waals surface area (Å²) in [6, 6.07) is 4.06. The summed E-state index contributed by atoms with van der Waals surface area (Å²) < 4.78 is 42.3. The lowest BCUT2D eigenvalue weighted by Crippen LogP contribution is -2.40. The highest BCUT2D eigenvalue weighted by Gasteiger charge is 2.30. The fourth-order valence-electron chi connectivity index (χ4n) is 1.55. The molecule has 0 aliphatic carbocycles. The zero-order valence-corrected chi connectivity index (χ0v) is 11.0. The number of nitrogens with one attached hydrogen (secondary N) is 1. The Balaban J connectivity index is 2.55. The highest BCUT2D eigenvalue weighted by atomic mass is 19.4. The summed E-state index contributed by atoms with van der Waals surface area (Å²) in [5.74, 6) is -0.417. The molecule has 0 fully saturated rings. The van der Waals surface area contributed by atoms with Crippen molar-refractivity contribution in [3.63, 3.8) is 0 Å². The van der Waals surface area contributed by atoms with Crippen molar-refractivity contribution < 1.29 is 22.7 Å². The molecule has 112 valence electrons. The third-order valence-electron chi connectivity index (χ3n) is 2.69. The molecule has 1 aromatic rings. The van der Waals surface area contributed by atoms with Crippen LogP contribution in [0.1, 0.15) is 17.5 Å². The fraction of sp³-hybridized carbons (Fsp3) is 0.462. The van der Waals surface area contributed by atoms with Crippen LogP contribution in [0, 0.1) is 0 Å². The number of alkyl halides is 3. The number of hydrogen-bond acceptors (Lipinski definition) is 3. The van der Waals surface area contributed by atoms with E-state index in [1.165, 1.54) is 19.2 Å². The molecule has 0 radical (unpaired) electrons. The van der Waals surface area contributed by atoms with E-state index in [4.69, 9.17) is 10.5 Å². The van der Waals surface area contributed by atoms with Crippen LogP contribution in [0.3, 0.4) is 0 Å². The van der Waals surface area contributed by atoms with Crippen molar-refractivity contribution in [3.05, 3.63) is 35.4 Å². The van der Waals surface area contributed by atoms with Crippen LogP contribution >= 0.6 is 0 Å². The normalized spacial score (nSPS) is 13.1. The van der Waals surface area contributed by atoms with Crippen LogP contribution in [0.25, 0.3) is 0 Å². The first kappa shape index (κ1) is 16.5. The number of halogens is 3. The summed E-state index contributed by atoms with van der Waals surface area (Å²) in [5, 5.41) is 2.50. The number of carbonyl (C=O) groups excluding carboxylic acids is 1. The molecule has 3 N–H and O–H groups in total. The van der Waals surface area contributed by atoms with Crippen molar-refractivity contribution in [3.8, 4) is 0 Å². The average Bonchev–Trinajstić information content (AvgIpc) is 2.41. The van der Waals surface area contributed by atoms with Gasteiger partial charge in [0.2, 0.25) is 5.91 Å². The number of benzene rings is 1. The lowest BCUT2D eigenvalue weighted by Gasteiger charge is -2.13. The lowest BCUT2D eigenvalue weighted by molar-refractivity contribution is -0.137. The quantitative estimate of drug-likeness (QED) is 0.838. The molecule has 0 heterocycles. The first-order chi connectivity index (χ1) is 9.34. The maximum atomic E-state index is 12.5. The highest BCUT2D eigenvalue weighted by Crippen LogP contribution is 2.29. The molecule has 0 spiro atoms. The molecular weight excluding hydrogens is 273 g/mol. The molecular formula is C13H17F3N2O2. The van der Waals surface area contributed by atoms with Crippen molar-refractivity contribution in [2.45, 2.75) is 25.2 Å². The predicted molar refractivity (Wildman–Crippen MR) is 67.8 cm³/mol. The predicted octanol–water partition coefficient (Wildman–Crippen LogP) is 1.69. The Hall–Kier alpha value is -1.60. The minimum atomic E-state index is -4.39. The second-order valence-electron chi connectivity index (χ2n) is 4.30. The van der Waals surface area contributed by atoms with Gasteiger partial charge in [-0.05, 0) is 24.1 Å². The molecule has 1 atom stereocenters. The van der Waals surface area contributed by atoms with E-state index in [-0.39, 0.29) is 6.54 Å². The van der Waals surface area contributed by atoms with Crippen molar-refractivity contribution in [1.82, 2.24) is 5.32 Å². The van der Waals surface area contributed by atoms with Gasteiger partial charge in [0, 0.05) is 20.3 Å². The first-order valence-corrected chi connectivity index (χ1v) is 6.03. The molecule has 0 aliphatic rings. The van der Waals surface area contributed by atoms with E-state index in [2.05, 4.69) is 5.32 Å². The number of ether oxygens (including phenoxy) is 1. The standard InChI is InChI=1S/C13H17F3N2O2/c1-20-6-5-11(17)12(19)18-8-9-3-2-4-10(7-9)13(14,15)16/h2-4,7,11H,5-6,8,17H2,1H3,(H,18,19). The topological polar surface area (TPSA) is 64.3 Å².